The van der Waals surface area contributed by atoms with E-state index >= 15 is 0 Å². The Labute approximate surface area is 161 Å². The maximum Gasteiger partial charge on any atom is 0.338 e. The molecule has 0 aromatic heterocycles. The molecule has 1 N–H and O–H groups in total. The number of halogens is 1. The van der Waals surface area contributed by atoms with Crippen LogP contribution < -0.4 is 5.32 Å². The second-order valence-corrected chi connectivity index (χ2v) is 8.42. The molecule has 1 aromatic carbocycles. The van der Waals surface area contributed by atoms with Gasteiger partial charge >= 0.3 is 12.0 Å². The lowest BCUT2D eigenvalue weighted by molar-refractivity contribution is -0.130. The van der Waals surface area contributed by atoms with Crippen LogP contribution in [-0.4, -0.2) is 68.3 Å². The smallest absolute Gasteiger partial charge is 0.338 e. The molecule has 3 rings (SSSR count). The highest BCUT2D eigenvalue weighted by atomic mass is 35.5. The van der Waals surface area contributed by atoms with E-state index < -0.39 is 34.5 Å². The topological polar surface area (TPSA) is 113 Å². The molecule has 2 heterocycles. The molecule has 27 heavy (non-hydrogen) atoms. The fraction of sp³-hybridized carbons (Fsp3) is 0.438. The Morgan fingerprint density at radius 1 is 1.19 bits per heavy atom. The van der Waals surface area contributed by atoms with Crippen LogP contribution in [0.4, 0.5) is 4.79 Å². The molecule has 2 aliphatic heterocycles. The van der Waals surface area contributed by atoms with Gasteiger partial charge in [-0.25, -0.2) is 18.0 Å². The van der Waals surface area contributed by atoms with Gasteiger partial charge in [-0.05, 0) is 31.0 Å². The molecule has 0 bridgehead atoms. The molecule has 9 nitrogen and oxygen atoms in total. The first-order valence-corrected chi connectivity index (χ1v) is 10.2. The van der Waals surface area contributed by atoms with Crippen LogP contribution in [0.1, 0.15) is 23.2 Å². The Balaban J connectivity index is 1.72. The van der Waals surface area contributed by atoms with E-state index in [0.29, 0.717) is 19.6 Å². The zero-order chi connectivity index (χ0) is 19.6. The zero-order valence-electron chi connectivity index (χ0n) is 14.3. The Bertz CT molecular complexity index is 882. The number of carbonyl (C=O) groups is 3. The Morgan fingerprint density at radius 2 is 1.89 bits per heavy atom. The Morgan fingerprint density at radius 3 is 2.52 bits per heavy atom. The van der Waals surface area contributed by atoms with Crippen LogP contribution in [-0.2, 0) is 19.6 Å². The summed E-state index contributed by atoms with van der Waals surface area (Å²) in [5.74, 6) is -1.53. The second kappa shape index (κ2) is 7.83. The van der Waals surface area contributed by atoms with E-state index in [-0.39, 0.29) is 22.0 Å². The van der Waals surface area contributed by atoms with Crippen molar-refractivity contribution in [3.63, 3.8) is 0 Å². The number of rotatable bonds is 5. The van der Waals surface area contributed by atoms with Crippen LogP contribution in [0.3, 0.4) is 0 Å². The molecule has 11 heteroatoms. The van der Waals surface area contributed by atoms with Crippen LogP contribution in [0.15, 0.2) is 23.1 Å². The van der Waals surface area contributed by atoms with E-state index in [1.165, 1.54) is 16.4 Å². The number of nitrogens with zero attached hydrogens (tertiary/aromatic N) is 2. The highest BCUT2D eigenvalue weighted by Gasteiger charge is 2.30. The molecule has 1 aromatic rings. The summed E-state index contributed by atoms with van der Waals surface area (Å²) < 4.78 is 31.6. The number of benzene rings is 1. The van der Waals surface area contributed by atoms with E-state index in [1.54, 1.807) is 0 Å². The molecule has 2 saturated heterocycles. The highest BCUT2D eigenvalue weighted by molar-refractivity contribution is 7.89. The number of carbonyl (C=O) groups excluding carboxylic acids is 3. The Hall–Kier alpha value is -2.17. The van der Waals surface area contributed by atoms with Crippen molar-refractivity contribution < 1.29 is 27.5 Å². The first kappa shape index (κ1) is 19.6. The third-order valence-electron chi connectivity index (χ3n) is 4.33. The maximum atomic E-state index is 12.7. The molecule has 0 saturated carbocycles. The number of sulfonamides is 1. The van der Waals surface area contributed by atoms with Crippen LogP contribution in [0.25, 0.3) is 0 Å². The summed E-state index contributed by atoms with van der Waals surface area (Å²) in [4.78, 5) is 36.3. The summed E-state index contributed by atoms with van der Waals surface area (Å²) in [5, 5.41) is 2.47. The molecule has 0 aliphatic carbocycles. The van der Waals surface area contributed by atoms with Crippen LogP contribution in [0, 0.1) is 0 Å². The minimum atomic E-state index is -3.81. The van der Waals surface area contributed by atoms with Crippen molar-refractivity contribution in [1.82, 2.24) is 14.5 Å². The third kappa shape index (κ3) is 4.07. The van der Waals surface area contributed by atoms with Gasteiger partial charge in [0, 0.05) is 26.2 Å². The van der Waals surface area contributed by atoms with Gasteiger partial charge in [-0.1, -0.05) is 11.6 Å². The first-order valence-electron chi connectivity index (χ1n) is 8.36. The maximum absolute atomic E-state index is 12.7. The summed E-state index contributed by atoms with van der Waals surface area (Å²) >= 11 is 6.03. The molecule has 0 radical (unpaired) electrons. The lowest BCUT2D eigenvalue weighted by Crippen LogP contribution is -2.37. The highest BCUT2D eigenvalue weighted by Crippen LogP contribution is 2.28. The fourth-order valence-corrected chi connectivity index (χ4v) is 4.91. The van der Waals surface area contributed by atoms with E-state index in [0.717, 1.165) is 23.8 Å². The molecule has 0 atom stereocenters. The van der Waals surface area contributed by atoms with Crippen LogP contribution in [0.2, 0.25) is 5.02 Å². The molecule has 146 valence electrons. The van der Waals surface area contributed by atoms with Gasteiger partial charge in [0.25, 0.3) is 5.91 Å². The van der Waals surface area contributed by atoms with Gasteiger partial charge in [0.15, 0.2) is 6.61 Å². The summed E-state index contributed by atoms with van der Waals surface area (Å²) in [6, 6.07) is 3.23. The van der Waals surface area contributed by atoms with Gasteiger partial charge in [0.2, 0.25) is 10.0 Å². The number of urea groups is 1. The number of ether oxygens (including phenoxy) is 1. The SMILES string of the molecule is O=C(OCC(=O)N1CCNC1=O)c1ccc(Cl)c(S(=O)(=O)N2CCCC2)c1. The van der Waals surface area contributed by atoms with Crippen molar-refractivity contribution in [2.75, 3.05) is 32.8 Å². The minimum Gasteiger partial charge on any atom is -0.452 e. The van der Waals surface area contributed by atoms with Crippen molar-refractivity contribution in [3.8, 4) is 0 Å². The van der Waals surface area contributed by atoms with Crippen molar-refractivity contribution in [1.29, 1.82) is 0 Å². The Kier molecular flexibility index (Phi) is 5.68. The normalized spacial score (nSPS) is 17.8. The summed E-state index contributed by atoms with van der Waals surface area (Å²) in [7, 11) is -3.81. The van der Waals surface area contributed by atoms with E-state index in [9.17, 15) is 22.8 Å². The summed E-state index contributed by atoms with van der Waals surface area (Å²) in [6.07, 6.45) is 1.54. The molecular formula is C16H18ClN3O6S. The van der Waals surface area contributed by atoms with E-state index in [1.807, 2.05) is 0 Å². The van der Waals surface area contributed by atoms with E-state index in [4.69, 9.17) is 16.3 Å². The van der Waals surface area contributed by atoms with E-state index in [2.05, 4.69) is 5.32 Å². The standard InChI is InChI=1S/C16H18ClN3O6S/c17-12-4-3-11(9-13(12)27(24,25)19-6-1-2-7-19)15(22)26-10-14(21)20-8-5-18-16(20)23/h3-4,9H,1-2,5-8,10H2,(H,18,23). The summed E-state index contributed by atoms with van der Waals surface area (Å²) in [6.45, 7) is 0.727. The lowest BCUT2D eigenvalue weighted by atomic mass is 10.2. The second-order valence-electron chi connectivity index (χ2n) is 6.11. The largest absolute Gasteiger partial charge is 0.452 e. The number of hydrogen-bond donors (Lipinski definition) is 1. The van der Waals surface area contributed by atoms with Crippen molar-refractivity contribution >= 4 is 39.5 Å². The molecular weight excluding hydrogens is 398 g/mol. The fourth-order valence-electron chi connectivity index (χ4n) is 2.89. The number of amides is 3. The van der Waals surface area contributed by atoms with Crippen molar-refractivity contribution in [3.05, 3.63) is 28.8 Å². The van der Waals surface area contributed by atoms with Gasteiger partial charge in [-0.15, -0.1) is 0 Å². The number of esters is 1. The van der Waals surface area contributed by atoms with Gasteiger partial charge in [0.05, 0.1) is 10.6 Å². The predicted molar refractivity (Wildman–Crippen MR) is 94.8 cm³/mol. The zero-order valence-corrected chi connectivity index (χ0v) is 15.9. The molecule has 0 unspecified atom stereocenters. The van der Waals surface area contributed by atoms with Crippen molar-refractivity contribution in [2.45, 2.75) is 17.7 Å². The predicted octanol–water partition coefficient (Wildman–Crippen LogP) is 0.833. The average Bonchev–Trinajstić information content (AvgIpc) is 3.31. The minimum absolute atomic E-state index is 0.00302. The first-order chi connectivity index (χ1) is 12.8. The number of hydrogen-bond acceptors (Lipinski definition) is 6. The van der Waals surface area contributed by atoms with Crippen LogP contribution >= 0.6 is 11.6 Å². The van der Waals surface area contributed by atoms with Gasteiger partial charge < -0.3 is 10.1 Å². The van der Waals surface area contributed by atoms with Crippen LogP contribution in [0.5, 0.6) is 0 Å². The molecule has 2 fully saturated rings. The van der Waals surface area contributed by atoms with Gasteiger partial charge in [0.1, 0.15) is 4.90 Å². The number of nitrogens with one attached hydrogen (secondary N) is 1. The number of imide groups is 1. The monoisotopic (exact) mass is 415 g/mol. The van der Waals surface area contributed by atoms with Gasteiger partial charge in [-0.2, -0.15) is 4.31 Å². The molecule has 2 aliphatic rings. The third-order valence-corrected chi connectivity index (χ3v) is 6.71. The molecule has 0 spiro atoms. The lowest BCUT2D eigenvalue weighted by Gasteiger charge is -2.17. The van der Waals surface area contributed by atoms with Gasteiger partial charge in [-0.3, -0.25) is 9.69 Å². The summed E-state index contributed by atoms with van der Waals surface area (Å²) in [5.41, 5.74) is -0.0455. The quantitative estimate of drug-likeness (QED) is 0.713. The average molecular weight is 416 g/mol. The van der Waals surface area contributed by atoms with Crippen molar-refractivity contribution in [2.24, 2.45) is 0 Å². The molecule has 3 amide bonds.